The minimum atomic E-state index is 0.865. The highest BCUT2D eigenvalue weighted by atomic mass is 79.9. The minimum absolute atomic E-state index is 0.865. The van der Waals surface area contributed by atoms with Gasteiger partial charge in [-0.1, -0.05) is 25.1 Å². The van der Waals surface area contributed by atoms with Crippen LogP contribution in [0.5, 0.6) is 5.75 Å². The van der Waals surface area contributed by atoms with Crippen LogP contribution >= 0.6 is 15.9 Å². The first-order valence-electron chi connectivity index (χ1n) is 6.76. The van der Waals surface area contributed by atoms with E-state index in [1.807, 2.05) is 6.07 Å². The molecule has 0 fully saturated rings. The zero-order valence-electron chi connectivity index (χ0n) is 12.2. The third kappa shape index (κ3) is 3.54. The quantitative estimate of drug-likeness (QED) is 0.789. The molecule has 0 unspecified atom stereocenters. The molecule has 2 aromatic carbocycles. The molecule has 0 spiro atoms. The van der Waals surface area contributed by atoms with E-state index in [0.29, 0.717) is 0 Å². The number of methoxy groups -OCH3 is 1. The first kappa shape index (κ1) is 14.9. The molecular weight excluding hydrogens is 314 g/mol. The second-order valence-corrected chi connectivity index (χ2v) is 5.70. The molecule has 0 atom stereocenters. The summed E-state index contributed by atoms with van der Waals surface area (Å²) in [4.78, 5) is 2.24. The fourth-order valence-corrected chi connectivity index (χ4v) is 2.75. The lowest BCUT2D eigenvalue weighted by Crippen LogP contribution is -2.16. The van der Waals surface area contributed by atoms with Crippen molar-refractivity contribution in [3.63, 3.8) is 0 Å². The van der Waals surface area contributed by atoms with Gasteiger partial charge in [-0.15, -0.1) is 0 Å². The van der Waals surface area contributed by atoms with Crippen molar-refractivity contribution in [1.82, 2.24) is 0 Å². The van der Waals surface area contributed by atoms with Crippen LogP contribution in [0.4, 0.5) is 5.69 Å². The number of aryl methyl sites for hydroxylation is 1. The molecule has 2 rings (SSSR count). The number of hydrogen-bond acceptors (Lipinski definition) is 2. The topological polar surface area (TPSA) is 12.5 Å². The van der Waals surface area contributed by atoms with Gasteiger partial charge < -0.3 is 9.64 Å². The average Bonchev–Trinajstić information content (AvgIpc) is 2.47. The summed E-state index contributed by atoms with van der Waals surface area (Å²) in [6, 6.07) is 14.9. The van der Waals surface area contributed by atoms with E-state index < -0.39 is 0 Å². The maximum atomic E-state index is 5.25. The molecule has 0 saturated heterocycles. The molecule has 2 aromatic rings. The summed E-state index contributed by atoms with van der Waals surface area (Å²) in [6.45, 7) is 3.04. The van der Waals surface area contributed by atoms with Gasteiger partial charge in [0.15, 0.2) is 0 Å². The summed E-state index contributed by atoms with van der Waals surface area (Å²) in [5.74, 6) is 0.865. The SMILES string of the molecule is CCc1ccc(N(C)Cc2ccc(OC)c(Br)c2)cc1. The van der Waals surface area contributed by atoms with Gasteiger partial charge in [-0.3, -0.25) is 0 Å². The van der Waals surface area contributed by atoms with Crippen LogP contribution in [0.2, 0.25) is 0 Å². The lowest BCUT2D eigenvalue weighted by Gasteiger charge is -2.20. The maximum absolute atomic E-state index is 5.25. The Morgan fingerprint density at radius 1 is 1.05 bits per heavy atom. The molecule has 0 aliphatic heterocycles. The van der Waals surface area contributed by atoms with Crippen LogP contribution in [0.15, 0.2) is 46.9 Å². The molecule has 20 heavy (non-hydrogen) atoms. The number of nitrogens with zero attached hydrogens (tertiary/aromatic N) is 1. The highest BCUT2D eigenvalue weighted by Crippen LogP contribution is 2.26. The van der Waals surface area contributed by atoms with E-state index in [1.54, 1.807) is 7.11 Å². The molecule has 0 N–H and O–H groups in total. The van der Waals surface area contributed by atoms with Gasteiger partial charge in [0.2, 0.25) is 0 Å². The molecule has 0 aliphatic carbocycles. The van der Waals surface area contributed by atoms with Crippen molar-refractivity contribution in [2.24, 2.45) is 0 Å². The Labute approximate surface area is 129 Å². The van der Waals surface area contributed by atoms with Gasteiger partial charge in [0, 0.05) is 19.3 Å². The molecule has 106 valence electrons. The van der Waals surface area contributed by atoms with E-state index in [4.69, 9.17) is 4.74 Å². The summed E-state index contributed by atoms with van der Waals surface area (Å²) in [5.41, 5.74) is 3.85. The van der Waals surface area contributed by atoms with Crippen LogP contribution in [0.1, 0.15) is 18.1 Å². The summed E-state index contributed by atoms with van der Waals surface area (Å²) in [5, 5.41) is 0. The number of anilines is 1. The van der Waals surface area contributed by atoms with E-state index in [0.717, 1.165) is 23.2 Å². The molecule has 0 saturated carbocycles. The minimum Gasteiger partial charge on any atom is -0.496 e. The highest BCUT2D eigenvalue weighted by Gasteiger charge is 2.05. The normalized spacial score (nSPS) is 10.4. The van der Waals surface area contributed by atoms with Gasteiger partial charge in [-0.05, 0) is 57.7 Å². The summed E-state index contributed by atoms with van der Waals surface area (Å²) in [6.07, 6.45) is 1.08. The predicted octanol–water partition coefficient (Wildman–Crippen LogP) is 4.66. The van der Waals surface area contributed by atoms with Crippen molar-refractivity contribution in [2.75, 3.05) is 19.1 Å². The van der Waals surface area contributed by atoms with Gasteiger partial charge in [0.1, 0.15) is 5.75 Å². The van der Waals surface area contributed by atoms with Crippen LogP contribution < -0.4 is 9.64 Å². The summed E-state index contributed by atoms with van der Waals surface area (Å²) >= 11 is 3.53. The fraction of sp³-hybridized carbons (Fsp3) is 0.294. The Hall–Kier alpha value is -1.48. The third-order valence-corrected chi connectivity index (χ3v) is 4.04. The van der Waals surface area contributed by atoms with Crippen LogP contribution in [-0.4, -0.2) is 14.2 Å². The van der Waals surface area contributed by atoms with Gasteiger partial charge in [0.05, 0.1) is 11.6 Å². The molecule has 0 bridgehead atoms. The molecule has 3 heteroatoms. The van der Waals surface area contributed by atoms with Crippen LogP contribution in [0.25, 0.3) is 0 Å². The number of ether oxygens (including phenoxy) is 1. The zero-order valence-corrected chi connectivity index (χ0v) is 13.8. The second-order valence-electron chi connectivity index (χ2n) is 4.84. The van der Waals surface area contributed by atoms with Crippen molar-refractivity contribution >= 4 is 21.6 Å². The van der Waals surface area contributed by atoms with E-state index >= 15 is 0 Å². The Balaban J connectivity index is 2.10. The van der Waals surface area contributed by atoms with Crippen LogP contribution in [-0.2, 0) is 13.0 Å². The first-order valence-corrected chi connectivity index (χ1v) is 7.56. The van der Waals surface area contributed by atoms with Crippen molar-refractivity contribution < 1.29 is 4.74 Å². The number of rotatable bonds is 5. The van der Waals surface area contributed by atoms with E-state index in [9.17, 15) is 0 Å². The number of halogens is 1. The van der Waals surface area contributed by atoms with Crippen molar-refractivity contribution in [1.29, 1.82) is 0 Å². The van der Waals surface area contributed by atoms with E-state index in [1.165, 1.54) is 16.8 Å². The van der Waals surface area contributed by atoms with Crippen LogP contribution in [0, 0.1) is 0 Å². The lowest BCUT2D eigenvalue weighted by molar-refractivity contribution is 0.412. The van der Waals surface area contributed by atoms with Gasteiger partial charge >= 0.3 is 0 Å². The summed E-state index contributed by atoms with van der Waals surface area (Å²) in [7, 11) is 3.79. The number of benzene rings is 2. The Morgan fingerprint density at radius 3 is 2.25 bits per heavy atom. The van der Waals surface area contributed by atoms with E-state index in [2.05, 4.69) is 71.2 Å². The molecule has 2 nitrogen and oxygen atoms in total. The Bertz CT molecular complexity index is 566. The fourth-order valence-electron chi connectivity index (χ4n) is 2.16. The molecular formula is C17H20BrNO. The number of hydrogen-bond donors (Lipinski definition) is 0. The average molecular weight is 334 g/mol. The van der Waals surface area contributed by atoms with Gasteiger partial charge in [-0.2, -0.15) is 0 Å². The van der Waals surface area contributed by atoms with Gasteiger partial charge in [0.25, 0.3) is 0 Å². The largest absolute Gasteiger partial charge is 0.496 e. The lowest BCUT2D eigenvalue weighted by atomic mass is 10.1. The highest BCUT2D eigenvalue weighted by molar-refractivity contribution is 9.10. The predicted molar refractivity (Wildman–Crippen MR) is 88.6 cm³/mol. The second kappa shape index (κ2) is 6.80. The maximum Gasteiger partial charge on any atom is 0.133 e. The third-order valence-electron chi connectivity index (χ3n) is 3.42. The van der Waals surface area contributed by atoms with Crippen LogP contribution in [0.3, 0.4) is 0 Å². The Kier molecular flexibility index (Phi) is 5.07. The van der Waals surface area contributed by atoms with Crippen molar-refractivity contribution in [3.8, 4) is 5.75 Å². The van der Waals surface area contributed by atoms with Crippen molar-refractivity contribution in [2.45, 2.75) is 19.9 Å². The first-order chi connectivity index (χ1) is 9.63. The smallest absolute Gasteiger partial charge is 0.133 e. The zero-order chi connectivity index (χ0) is 14.5. The molecule has 0 heterocycles. The standard InChI is InChI=1S/C17H20BrNO/c1-4-13-5-8-15(9-6-13)19(2)12-14-7-10-17(20-3)16(18)11-14/h5-11H,4,12H2,1-3H3. The molecule has 0 aromatic heterocycles. The monoisotopic (exact) mass is 333 g/mol. The molecule has 0 aliphatic rings. The summed E-state index contributed by atoms with van der Waals surface area (Å²) < 4.78 is 6.25. The molecule has 0 radical (unpaired) electrons. The van der Waals surface area contributed by atoms with Crippen molar-refractivity contribution in [3.05, 3.63) is 58.1 Å². The Morgan fingerprint density at radius 2 is 1.70 bits per heavy atom. The van der Waals surface area contributed by atoms with E-state index in [-0.39, 0.29) is 0 Å². The molecule has 0 amide bonds. The van der Waals surface area contributed by atoms with Gasteiger partial charge in [-0.25, -0.2) is 0 Å².